The minimum atomic E-state index is -4.14. The molecule has 0 radical (unpaired) electrons. The summed E-state index contributed by atoms with van der Waals surface area (Å²) in [5.41, 5.74) is 0.857. The van der Waals surface area contributed by atoms with Crippen LogP contribution in [0, 0.1) is 0 Å². The maximum atomic E-state index is 12.6. The summed E-state index contributed by atoms with van der Waals surface area (Å²) in [4.78, 5) is 2.11. The van der Waals surface area contributed by atoms with Gasteiger partial charge in [-0.25, -0.2) is 0 Å². The molecular formula is C15H19F3N2O2. The van der Waals surface area contributed by atoms with E-state index in [4.69, 9.17) is 9.47 Å². The molecule has 4 nitrogen and oxygen atoms in total. The van der Waals surface area contributed by atoms with E-state index in [0.717, 1.165) is 31.7 Å². The second kappa shape index (κ2) is 6.34. The Hall–Kier alpha value is -1.47. The molecule has 1 atom stereocenters. The van der Waals surface area contributed by atoms with Crippen LogP contribution in [0.2, 0.25) is 0 Å². The molecule has 0 unspecified atom stereocenters. The zero-order chi connectivity index (χ0) is 15.6. The van der Waals surface area contributed by atoms with E-state index in [1.807, 2.05) is 12.1 Å². The Kier molecular flexibility index (Phi) is 4.44. The zero-order valence-electron chi connectivity index (χ0n) is 12.2. The largest absolute Gasteiger partial charge is 0.454 e. The van der Waals surface area contributed by atoms with Gasteiger partial charge in [-0.05, 0) is 24.1 Å². The molecule has 1 aromatic carbocycles. The van der Waals surface area contributed by atoms with Gasteiger partial charge in [-0.2, -0.15) is 13.2 Å². The molecular weight excluding hydrogens is 297 g/mol. The van der Waals surface area contributed by atoms with Crippen LogP contribution in [0.25, 0.3) is 0 Å². The van der Waals surface area contributed by atoms with Crippen molar-refractivity contribution < 1.29 is 22.6 Å². The molecule has 122 valence electrons. The van der Waals surface area contributed by atoms with Crippen molar-refractivity contribution in [1.29, 1.82) is 0 Å². The van der Waals surface area contributed by atoms with Crippen molar-refractivity contribution in [2.75, 3.05) is 33.0 Å². The lowest BCUT2D eigenvalue weighted by molar-refractivity contribution is -0.138. The van der Waals surface area contributed by atoms with E-state index in [9.17, 15) is 13.2 Å². The number of nitrogens with one attached hydrogen (secondary N) is 1. The van der Waals surface area contributed by atoms with E-state index in [1.54, 1.807) is 6.07 Å². The first kappa shape index (κ1) is 15.4. The quantitative estimate of drug-likeness (QED) is 0.926. The van der Waals surface area contributed by atoms with Crippen LogP contribution in [0.4, 0.5) is 13.2 Å². The topological polar surface area (TPSA) is 33.7 Å². The summed E-state index contributed by atoms with van der Waals surface area (Å²) in [5.74, 6) is 1.27. The van der Waals surface area contributed by atoms with Crippen LogP contribution in [0.3, 0.4) is 0 Å². The minimum absolute atomic E-state index is 0.0587. The number of fused-ring (bicyclic) bond motifs is 1. The number of piperazine rings is 1. The summed E-state index contributed by atoms with van der Waals surface area (Å²) < 4.78 is 48.5. The number of halogens is 3. The Morgan fingerprint density at radius 3 is 2.59 bits per heavy atom. The van der Waals surface area contributed by atoms with Crippen molar-refractivity contribution in [2.45, 2.75) is 25.1 Å². The van der Waals surface area contributed by atoms with Gasteiger partial charge in [0.05, 0.1) is 0 Å². The number of nitrogens with zero attached hydrogens (tertiary/aromatic N) is 1. The molecule has 0 amide bonds. The standard InChI is InChI=1S/C15H19F3N2O2/c16-15(17,18)4-3-12(20-7-5-19-6-8-20)11-1-2-13-14(9-11)22-10-21-13/h1-2,9,12,19H,3-8,10H2/t12-/m0/s1. The summed E-state index contributed by atoms with van der Waals surface area (Å²) in [6.45, 7) is 3.26. The summed E-state index contributed by atoms with van der Waals surface area (Å²) in [6.07, 6.45) is -4.86. The van der Waals surface area contributed by atoms with E-state index in [1.165, 1.54) is 0 Å². The van der Waals surface area contributed by atoms with Crippen LogP contribution in [0.5, 0.6) is 11.5 Å². The Morgan fingerprint density at radius 2 is 1.86 bits per heavy atom. The van der Waals surface area contributed by atoms with Gasteiger partial charge in [0, 0.05) is 38.6 Å². The predicted octanol–water partition coefficient (Wildman–Crippen LogP) is 2.70. The maximum absolute atomic E-state index is 12.6. The summed E-state index contributed by atoms with van der Waals surface area (Å²) in [7, 11) is 0. The third-order valence-electron chi connectivity index (χ3n) is 4.08. The molecule has 0 aliphatic carbocycles. The van der Waals surface area contributed by atoms with Gasteiger partial charge in [0.2, 0.25) is 6.79 Å². The molecule has 2 aliphatic heterocycles. The fraction of sp³-hybridized carbons (Fsp3) is 0.600. The highest BCUT2D eigenvalue weighted by Gasteiger charge is 2.31. The second-order valence-electron chi connectivity index (χ2n) is 5.57. The van der Waals surface area contributed by atoms with Crippen molar-refractivity contribution in [3.63, 3.8) is 0 Å². The average molecular weight is 316 g/mol. The van der Waals surface area contributed by atoms with Gasteiger partial charge in [-0.3, -0.25) is 4.90 Å². The highest BCUT2D eigenvalue weighted by molar-refractivity contribution is 5.45. The summed E-state index contributed by atoms with van der Waals surface area (Å²) in [6, 6.07) is 5.18. The number of ether oxygens (including phenoxy) is 2. The van der Waals surface area contributed by atoms with Crippen LogP contribution in [-0.4, -0.2) is 44.0 Å². The van der Waals surface area contributed by atoms with Crippen molar-refractivity contribution in [2.24, 2.45) is 0 Å². The lowest BCUT2D eigenvalue weighted by Gasteiger charge is -2.35. The van der Waals surface area contributed by atoms with Crippen molar-refractivity contribution in [1.82, 2.24) is 10.2 Å². The normalized spacial score (nSPS) is 20.1. The van der Waals surface area contributed by atoms with Crippen molar-refractivity contribution in [3.8, 4) is 11.5 Å². The summed E-state index contributed by atoms with van der Waals surface area (Å²) in [5, 5.41) is 3.23. The number of alkyl halides is 3. The first-order chi connectivity index (χ1) is 10.5. The third-order valence-corrected chi connectivity index (χ3v) is 4.08. The van der Waals surface area contributed by atoms with Crippen LogP contribution >= 0.6 is 0 Å². The third kappa shape index (κ3) is 3.64. The highest BCUT2D eigenvalue weighted by Crippen LogP contribution is 2.38. The predicted molar refractivity (Wildman–Crippen MR) is 75.0 cm³/mol. The monoisotopic (exact) mass is 316 g/mol. The molecule has 0 bridgehead atoms. The lowest BCUT2D eigenvalue weighted by atomic mass is 9.98. The molecule has 2 aliphatic rings. The maximum Gasteiger partial charge on any atom is 0.389 e. The molecule has 2 heterocycles. The fourth-order valence-corrected chi connectivity index (χ4v) is 2.97. The molecule has 1 aromatic rings. The SMILES string of the molecule is FC(F)(F)CC[C@@H](c1ccc2c(c1)OCO2)N1CCNCC1. The molecule has 0 aromatic heterocycles. The van der Waals surface area contributed by atoms with E-state index >= 15 is 0 Å². The van der Waals surface area contributed by atoms with E-state index in [2.05, 4.69) is 10.2 Å². The van der Waals surface area contributed by atoms with Gasteiger partial charge in [-0.1, -0.05) is 6.07 Å². The number of benzene rings is 1. The van der Waals surface area contributed by atoms with E-state index in [0.29, 0.717) is 11.5 Å². The van der Waals surface area contributed by atoms with Crippen LogP contribution in [0.1, 0.15) is 24.4 Å². The molecule has 1 fully saturated rings. The van der Waals surface area contributed by atoms with Crippen molar-refractivity contribution in [3.05, 3.63) is 23.8 Å². The van der Waals surface area contributed by atoms with Gasteiger partial charge in [-0.15, -0.1) is 0 Å². The number of hydrogen-bond acceptors (Lipinski definition) is 4. The van der Waals surface area contributed by atoms with Gasteiger partial charge in [0.1, 0.15) is 0 Å². The number of hydrogen-bond donors (Lipinski definition) is 1. The fourth-order valence-electron chi connectivity index (χ4n) is 2.97. The molecule has 3 rings (SSSR count). The molecule has 22 heavy (non-hydrogen) atoms. The van der Waals surface area contributed by atoms with Crippen molar-refractivity contribution >= 4 is 0 Å². The van der Waals surface area contributed by atoms with Gasteiger partial charge < -0.3 is 14.8 Å². The minimum Gasteiger partial charge on any atom is -0.454 e. The highest BCUT2D eigenvalue weighted by atomic mass is 19.4. The van der Waals surface area contributed by atoms with Gasteiger partial charge in [0.25, 0.3) is 0 Å². The first-order valence-corrected chi connectivity index (χ1v) is 7.44. The van der Waals surface area contributed by atoms with E-state index < -0.39 is 12.6 Å². The molecule has 0 spiro atoms. The van der Waals surface area contributed by atoms with Crippen LogP contribution in [0.15, 0.2) is 18.2 Å². The summed E-state index contributed by atoms with van der Waals surface area (Å²) >= 11 is 0. The Balaban J connectivity index is 1.80. The van der Waals surface area contributed by atoms with Gasteiger partial charge in [0.15, 0.2) is 11.5 Å². The molecule has 1 N–H and O–H groups in total. The Morgan fingerprint density at radius 1 is 1.14 bits per heavy atom. The Bertz CT molecular complexity index is 516. The smallest absolute Gasteiger partial charge is 0.389 e. The zero-order valence-corrected chi connectivity index (χ0v) is 12.2. The average Bonchev–Trinajstić information content (AvgIpc) is 2.95. The number of rotatable bonds is 4. The molecule has 1 saturated heterocycles. The first-order valence-electron chi connectivity index (χ1n) is 7.44. The van der Waals surface area contributed by atoms with E-state index in [-0.39, 0.29) is 19.3 Å². The lowest BCUT2D eigenvalue weighted by Crippen LogP contribution is -2.45. The molecule has 0 saturated carbocycles. The molecule has 7 heteroatoms. The Labute approximate surface area is 127 Å². The van der Waals surface area contributed by atoms with Crippen LogP contribution in [-0.2, 0) is 0 Å². The van der Waals surface area contributed by atoms with Crippen LogP contribution < -0.4 is 14.8 Å². The second-order valence-corrected chi connectivity index (χ2v) is 5.57. The van der Waals surface area contributed by atoms with Gasteiger partial charge >= 0.3 is 6.18 Å².